The van der Waals surface area contributed by atoms with Crippen molar-refractivity contribution in [1.29, 1.82) is 0 Å². The highest BCUT2D eigenvalue weighted by molar-refractivity contribution is 5.83. The third-order valence-electron chi connectivity index (χ3n) is 2.49. The van der Waals surface area contributed by atoms with Gasteiger partial charge in [-0.1, -0.05) is 49.4 Å². The molecule has 1 aromatic carbocycles. The van der Waals surface area contributed by atoms with E-state index in [-0.39, 0.29) is 12.6 Å². The van der Waals surface area contributed by atoms with E-state index in [9.17, 15) is 4.79 Å². The molecule has 0 radical (unpaired) electrons. The molecule has 0 amide bonds. The molecule has 0 aliphatic carbocycles. The molecule has 0 aromatic heterocycles. The molecule has 0 spiro atoms. The van der Waals surface area contributed by atoms with Crippen molar-refractivity contribution in [2.24, 2.45) is 0 Å². The van der Waals surface area contributed by atoms with Crippen LogP contribution in [0.2, 0.25) is 0 Å². The number of benzene rings is 1. The third kappa shape index (κ3) is 4.68. The first-order chi connectivity index (χ1) is 8.13. The van der Waals surface area contributed by atoms with E-state index in [0.29, 0.717) is 0 Å². The van der Waals surface area contributed by atoms with Crippen LogP contribution in [0.1, 0.15) is 25.8 Å². The molecule has 0 unspecified atom stereocenters. The number of carbonyl (C=O) groups is 1. The van der Waals surface area contributed by atoms with Gasteiger partial charge in [-0.15, -0.1) is 0 Å². The molecule has 0 fully saturated rings. The van der Waals surface area contributed by atoms with Gasteiger partial charge in [0.2, 0.25) is 0 Å². The van der Waals surface area contributed by atoms with Crippen molar-refractivity contribution in [2.45, 2.75) is 20.3 Å². The predicted octanol–water partition coefficient (Wildman–Crippen LogP) is 3.60. The Morgan fingerprint density at radius 3 is 2.59 bits per heavy atom. The molecule has 17 heavy (non-hydrogen) atoms. The van der Waals surface area contributed by atoms with Gasteiger partial charge in [-0.2, -0.15) is 0 Å². The number of allylic oxidation sites excluding steroid dienone is 1. The van der Waals surface area contributed by atoms with E-state index in [4.69, 9.17) is 4.74 Å². The van der Waals surface area contributed by atoms with Gasteiger partial charge >= 0.3 is 5.97 Å². The van der Waals surface area contributed by atoms with Gasteiger partial charge in [0, 0.05) is 6.08 Å². The van der Waals surface area contributed by atoms with E-state index in [0.717, 1.165) is 23.1 Å². The lowest BCUT2D eigenvalue weighted by Crippen LogP contribution is -2.04. The van der Waals surface area contributed by atoms with Gasteiger partial charge in [-0.05, 0) is 24.5 Å². The number of hydrogen-bond donors (Lipinski definition) is 0. The van der Waals surface area contributed by atoms with Gasteiger partial charge in [0.05, 0.1) is 0 Å². The first-order valence-corrected chi connectivity index (χ1v) is 5.70. The van der Waals surface area contributed by atoms with Crippen LogP contribution in [0.25, 0.3) is 5.57 Å². The van der Waals surface area contributed by atoms with Crippen molar-refractivity contribution in [3.05, 3.63) is 54.1 Å². The Labute approximate surface area is 103 Å². The summed E-state index contributed by atoms with van der Waals surface area (Å²) in [7, 11) is 0. The molecule has 1 rings (SSSR count). The Hall–Kier alpha value is -1.83. The zero-order chi connectivity index (χ0) is 12.7. The maximum atomic E-state index is 11.4. The van der Waals surface area contributed by atoms with Crippen molar-refractivity contribution >= 4 is 11.5 Å². The number of ether oxygens (including phenoxy) is 1. The van der Waals surface area contributed by atoms with Gasteiger partial charge in [-0.3, -0.25) is 0 Å². The van der Waals surface area contributed by atoms with Crippen LogP contribution in [0.4, 0.5) is 0 Å². The molecule has 1 aromatic rings. The van der Waals surface area contributed by atoms with Crippen molar-refractivity contribution in [3.8, 4) is 0 Å². The van der Waals surface area contributed by atoms with Gasteiger partial charge in [0.25, 0.3) is 0 Å². The summed E-state index contributed by atoms with van der Waals surface area (Å²) in [6.07, 6.45) is 2.38. The largest absolute Gasteiger partial charge is 0.458 e. The summed E-state index contributed by atoms with van der Waals surface area (Å²) in [5, 5.41) is 0. The summed E-state index contributed by atoms with van der Waals surface area (Å²) >= 11 is 0. The molecule has 0 aliphatic heterocycles. The van der Waals surface area contributed by atoms with E-state index in [1.165, 1.54) is 6.08 Å². The minimum atomic E-state index is -0.304. The first-order valence-electron chi connectivity index (χ1n) is 5.70. The second-order valence-electron chi connectivity index (χ2n) is 3.92. The molecule has 0 saturated carbocycles. The third-order valence-corrected chi connectivity index (χ3v) is 2.49. The average molecular weight is 230 g/mol. The van der Waals surface area contributed by atoms with Crippen molar-refractivity contribution in [1.82, 2.24) is 0 Å². The lowest BCUT2D eigenvalue weighted by atomic mass is 10.1. The van der Waals surface area contributed by atoms with Crippen molar-refractivity contribution < 1.29 is 9.53 Å². The van der Waals surface area contributed by atoms with Gasteiger partial charge in [0.15, 0.2) is 0 Å². The molecular weight excluding hydrogens is 212 g/mol. The number of carbonyl (C=O) groups excluding carboxylic acids is 1. The van der Waals surface area contributed by atoms with E-state index < -0.39 is 0 Å². The van der Waals surface area contributed by atoms with E-state index in [1.807, 2.05) is 44.2 Å². The fourth-order valence-corrected chi connectivity index (χ4v) is 1.26. The molecule has 0 atom stereocenters. The molecule has 0 saturated heterocycles. The fraction of sp³-hybridized carbons (Fsp3) is 0.267. The Bertz CT molecular complexity index is 416. The van der Waals surface area contributed by atoms with E-state index >= 15 is 0 Å². The normalized spacial score (nSPS) is 11.1. The fourth-order valence-electron chi connectivity index (χ4n) is 1.26. The first kappa shape index (κ1) is 13.2. The smallest absolute Gasteiger partial charge is 0.331 e. The standard InChI is InChI=1S/C15H18O2/c1-4-12(2)10-15(16)17-11-13(3)14-8-6-5-7-9-14/h5-10H,3-4,11H2,1-2H3/b12-10+. The second-order valence-corrected chi connectivity index (χ2v) is 3.92. The van der Waals surface area contributed by atoms with Crippen LogP contribution in [-0.2, 0) is 9.53 Å². The summed E-state index contributed by atoms with van der Waals surface area (Å²) < 4.78 is 5.12. The Morgan fingerprint density at radius 1 is 1.35 bits per heavy atom. The summed E-state index contributed by atoms with van der Waals surface area (Å²) in [6.45, 7) is 8.04. The highest BCUT2D eigenvalue weighted by Gasteiger charge is 2.02. The topological polar surface area (TPSA) is 26.3 Å². The quantitative estimate of drug-likeness (QED) is 0.570. The lowest BCUT2D eigenvalue weighted by molar-refractivity contribution is -0.136. The summed E-state index contributed by atoms with van der Waals surface area (Å²) in [5.41, 5.74) is 2.82. The minimum Gasteiger partial charge on any atom is -0.458 e. The van der Waals surface area contributed by atoms with Crippen LogP contribution in [0.15, 0.2) is 48.6 Å². The van der Waals surface area contributed by atoms with Crippen molar-refractivity contribution in [2.75, 3.05) is 6.61 Å². The van der Waals surface area contributed by atoms with Gasteiger partial charge in [0.1, 0.15) is 6.61 Å². The van der Waals surface area contributed by atoms with Crippen molar-refractivity contribution in [3.63, 3.8) is 0 Å². The Kier molecular flexibility index (Phi) is 5.21. The summed E-state index contributed by atoms with van der Waals surface area (Å²) in [6, 6.07) is 9.70. The number of hydrogen-bond acceptors (Lipinski definition) is 2. The van der Waals surface area contributed by atoms with E-state index in [1.54, 1.807) is 0 Å². The van der Waals surface area contributed by atoms with Crippen LogP contribution >= 0.6 is 0 Å². The minimum absolute atomic E-state index is 0.232. The highest BCUT2D eigenvalue weighted by Crippen LogP contribution is 2.11. The van der Waals surface area contributed by atoms with Crippen LogP contribution < -0.4 is 0 Å². The van der Waals surface area contributed by atoms with Crippen LogP contribution in [0.3, 0.4) is 0 Å². The Balaban J connectivity index is 2.47. The van der Waals surface area contributed by atoms with Crippen LogP contribution in [0, 0.1) is 0 Å². The average Bonchev–Trinajstić information content (AvgIpc) is 2.36. The molecule has 90 valence electrons. The summed E-state index contributed by atoms with van der Waals surface area (Å²) in [5.74, 6) is -0.304. The lowest BCUT2D eigenvalue weighted by Gasteiger charge is -2.06. The number of esters is 1. The monoisotopic (exact) mass is 230 g/mol. The molecule has 2 nitrogen and oxygen atoms in total. The molecule has 2 heteroatoms. The molecule has 0 heterocycles. The van der Waals surface area contributed by atoms with Gasteiger partial charge < -0.3 is 4.74 Å². The second kappa shape index (κ2) is 6.69. The zero-order valence-corrected chi connectivity index (χ0v) is 10.4. The maximum absolute atomic E-state index is 11.4. The summed E-state index contributed by atoms with van der Waals surface area (Å²) in [4.78, 5) is 11.4. The van der Waals surface area contributed by atoms with Crippen LogP contribution in [0.5, 0.6) is 0 Å². The SMILES string of the molecule is C=C(COC(=O)/C=C(\C)CC)c1ccccc1. The molecule has 0 bridgehead atoms. The van der Waals surface area contributed by atoms with Crippen LogP contribution in [-0.4, -0.2) is 12.6 Å². The van der Waals surface area contributed by atoms with E-state index in [2.05, 4.69) is 6.58 Å². The maximum Gasteiger partial charge on any atom is 0.331 e. The molecule has 0 N–H and O–H groups in total. The highest BCUT2D eigenvalue weighted by atomic mass is 16.5. The molecular formula is C15H18O2. The predicted molar refractivity (Wildman–Crippen MR) is 70.5 cm³/mol. The number of rotatable bonds is 5. The Morgan fingerprint density at radius 2 is 2.00 bits per heavy atom. The molecule has 0 aliphatic rings. The zero-order valence-electron chi connectivity index (χ0n) is 10.4. The van der Waals surface area contributed by atoms with Gasteiger partial charge in [-0.25, -0.2) is 4.79 Å².